The summed E-state index contributed by atoms with van der Waals surface area (Å²) in [6, 6.07) is 16.7. The quantitative estimate of drug-likeness (QED) is 0.291. The van der Waals surface area contributed by atoms with Crippen LogP contribution in [0.4, 0.5) is 14.5 Å². The number of benzene rings is 3. The minimum absolute atomic E-state index is 0.0108. The normalized spacial score (nSPS) is 14.8. The lowest BCUT2D eigenvalue weighted by Crippen LogP contribution is -2.54. The van der Waals surface area contributed by atoms with Gasteiger partial charge in [-0.2, -0.15) is 0 Å². The Balaban J connectivity index is 1.63. The van der Waals surface area contributed by atoms with Gasteiger partial charge in [-0.3, -0.25) is 14.9 Å². The first-order valence-electron chi connectivity index (χ1n) is 10.7. The summed E-state index contributed by atoms with van der Waals surface area (Å²) in [5, 5.41) is 2.21. The summed E-state index contributed by atoms with van der Waals surface area (Å²) in [6.07, 6.45) is 1.36. The number of carbonyl (C=O) groups excluding carboxylic acids is 2. The third-order valence-corrected chi connectivity index (χ3v) is 5.40. The number of nitrogens with one attached hydrogen (secondary N) is 1. The van der Waals surface area contributed by atoms with Crippen LogP contribution < -0.4 is 19.7 Å². The molecule has 3 aromatic carbocycles. The van der Waals surface area contributed by atoms with Gasteiger partial charge in [-0.05, 0) is 61.1 Å². The number of para-hydroxylation sites is 1. The molecule has 0 aliphatic carbocycles. The average Bonchev–Trinajstić information content (AvgIpc) is 2.83. The topological polar surface area (TPSA) is 67.9 Å². The van der Waals surface area contributed by atoms with Crippen molar-refractivity contribution >= 4 is 40.9 Å². The van der Waals surface area contributed by atoms with Crippen LogP contribution >= 0.6 is 12.2 Å². The van der Waals surface area contributed by atoms with Crippen LogP contribution in [0, 0.1) is 11.6 Å². The summed E-state index contributed by atoms with van der Waals surface area (Å²) in [7, 11) is 0. The van der Waals surface area contributed by atoms with Crippen LogP contribution in [0.3, 0.4) is 0 Å². The van der Waals surface area contributed by atoms with Gasteiger partial charge in [-0.15, -0.1) is 0 Å². The van der Waals surface area contributed by atoms with Gasteiger partial charge in [0.2, 0.25) is 0 Å². The average molecular weight is 495 g/mol. The highest BCUT2D eigenvalue weighted by Gasteiger charge is 2.35. The molecule has 0 spiro atoms. The second kappa shape index (κ2) is 10.4. The first kappa shape index (κ1) is 24.0. The molecular formula is C26H20F2N2O4S. The van der Waals surface area contributed by atoms with Gasteiger partial charge < -0.3 is 9.47 Å². The van der Waals surface area contributed by atoms with Crippen LogP contribution in [-0.4, -0.2) is 23.5 Å². The Morgan fingerprint density at radius 2 is 1.66 bits per heavy atom. The molecule has 1 heterocycles. The van der Waals surface area contributed by atoms with E-state index in [1.807, 2.05) is 0 Å². The van der Waals surface area contributed by atoms with E-state index < -0.39 is 17.6 Å². The molecule has 0 atom stereocenters. The van der Waals surface area contributed by atoms with Crippen molar-refractivity contribution in [2.75, 3.05) is 11.5 Å². The summed E-state index contributed by atoms with van der Waals surface area (Å²) in [4.78, 5) is 26.6. The van der Waals surface area contributed by atoms with Crippen LogP contribution in [0.1, 0.15) is 18.1 Å². The molecule has 0 radical (unpaired) electrons. The van der Waals surface area contributed by atoms with E-state index in [0.29, 0.717) is 29.2 Å². The van der Waals surface area contributed by atoms with Crippen LogP contribution in [0.2, 0.25) is 0 Å². The molecule has 0 bridgehead atoms. The zero-order valence-electron chi connectivity index (χ0n) is 18.6. The highest BCUT2D eigenvalue weighted by Crippen LogP contribution is 2.31. The van der Waals surface area contributed by atoms with E-state index in [4.69, 9.17) is 21.7 Å². The molecule has 4 rings (SSSR count). The maximum absolute atomic E-state index is 14.3. The lowest BCUT2D eigenvalue weighted by Gasteiger charge is -2.29. The molecular weight excluding hydrogens is 474 g/mol. The third kappa shape index (κ3) is 5.20. The number of anilines is 1. The number of hydrogen-bond acceptors (Lipinski definition) is 5. The highest BCUT2D eigenvalue weighted by atomic mass is 32.1. The fourth-order valence-electron chi connectivity index (χ4n) is 3.45. The number of hydrogen-bond donors (Lipinski definition) is 1. The van der Waals surface area contributed by atoms with Crippen molar-refractivity contribution in [1.29, 1.82) is 0 Å². The Morgan fingerprint density at radius 3 is 2.37 bits per heavy atom. The smallest absolute Gasteiger partial charge is 0.270 e. The number of nitrogens with zero attached hydrogens (tertiary/aromatic N) is 1. The van der Waals surface area contributed by atoms with Crippen LogP contribution in [0.15, 0.2) is 72.3 Å². The minimum atomic E-state index is -0.762. The fourth-order valence-corrected chi connectivity index (χ4v) is 3.72. The first-order chi connectivity index (χ1) is 16.9. The molecule has 6 nitrogen and oxygen atoms in total. The third-order valence-electron chi connectivity index (χ3n) is 5.11. The lowest BCUT2D eigenvalue weighted by molar-refractivity contribution is -0.122. The summed E-state index contributed by atoms with van der Waals surface area (Å²) in [5.74, 6) is -1.79. The molecule has 3 aromatic rings. The first-order valence-corrected chi connectivity index (χ1v) is 11.1. The molecule has 0 unspecified atom stereocenters. The molecule has 35 heavy (non-hydrogen) atoms. The second-order valence-corrected chi connectivity index (χ2v) is 7.82. The number of halogens is 2. The van der Waals surface area contributed by atoms with E-state index in [0.717, 1.165) is 4.90 Å². The van der Waals surface area contributed by atoms with Gasteiger partial charge >= 0.3 is 0 Å². The molecule has 0 aromatic heterocycles. The summed E-state index contributed by atoms with van der Waals surface area (Å²) >= 11 is 5.11. The van der Waals surface area contributed by atoms with Gasteiger partial charge in [-0.1, -0.05) is 36.4 Å². The Morgan fingerprint density at radius 1 is 0.943 bits per heavy atom. The molecule has 1 fully saturated rings. The van der Waals surface area contributed by atoms with Gasteiger partial charge in [0, 0.05) is 5.56 Å². The van der Waals surface area contributed by atoms with Crippen molar-refractivity contribution in [3.63, 3.8) is 0 Å². The van der Waals surface area contributed by atoms with Crippen molar-refractivity contribution in [1.82, 2.24) is 5.32 Å². The summed E-state index contributed by atoms with van der Waals surface area (Å²) in [5.41, 5.74) is 0.547. The van der Waals surface area contributed by atoms with E-state index in [1.54, 1.807) is 49.4 Å². The summed E-state index contributed by atoms with van der Waals surface area (Å²) < 4.78 is 39.7. The number of ether oxygens (including phenoxy) is 2. The zero-order chi connectivity index (χ0) is 24.9. The highest BCUT2D eigenvalue weighted by molar-refractivity contribution is 7.80. The molecule has 0 saturated carbocycles. The van der Waals surface area contributed by atoms with E-state index in [1.165, 1.54) is 30.3 Å². The fraction of sp³-hybridized carbons (Fsp3) is 0.115. The molecule has 2 amide bonds. The molecule has 178 valence electrons. The predicted molar refractivity (Wildman–Crippen MR) is 131 cm³/mol. The number of carbonyl (C=O) groups is 2. The summed E-state index contributed by atoms with van der Waals surface area (Å²) in [6.45, 7) is 2.10. The van der Waals surface area contributed by atoms with Crippen molar-refractivity contribution < 1.29 is 27.8 Å². The van der Waals surface area contributed by atoms with E-state index in [2.05, 4.69) is 5.32 Å². The number of rotatable bonds is 7. The molecule has 1 aliphatic heterocycles. The Labute approximate surface area is 205 Å². The van der Waals surface area contributed by atoms with E-state index in [9.17, 15) is 18.4 Å². The van der Waals surface area contributed by atoms with Crippen molar-refractivity contribution in [2.45, 2.75) is 13.5 Å². The largest absolute Gasteiger partial charge is 0.490 e. The SMILES string of the molecule is CCOc1cc(/C=C2\C(=O)NC(=S)N(c3ccccc3F)C2=O)ccc1OCc1ccccc1F. The van der Waals surface area contributed by atoms with Crippen LogP contribution in [-0.2, 0) is 16.2 Å². The number of thiocarbonyl (C=S) groups is 1. The van der Waals surface area contributed by atoms with E-state index >= 15 is 0 Å². The van der Waals surface area contributed by atoms with Gasteiger partial charge in [-0.25, -0.2) is 13.7 Å². The molecule has 1 aliphatic rings. The van der Waals surface area contributed by atoms with Crippen molar-refractivity contribution in [2.24, 2.45) is 0 Å². The van der Waals surface area contributed by atoms with Gasteiger partial charge in [0.05, 0.1) is 12.3 Å². The van der Waals surface area contributed by atoms with Gasteiger partial charge in [0.25, 0.3) is 11.8 Å². The maximum Gasteiger partial charge on any atom is 0.270 e. The Kier molecular flexibility index (Phi) is 7.17. The van der Waals surface area contributed by atoms with Gasteiger partial charge in [0.1, 0.15) is 23.8 Å². The second-order valence-electron chi connectivity index (χ2n) is 7.43. The maximum atomic E-state index is 14.3. The Bertz CT molecular complexity index is 1340. The molecule has 1 N–H and O–H groups in total. The van der Waals surface area contributed by atoms with Gasteiger partial charge in [0.15, 0.2) is 16.6 Å². The molecule has 1 saturated heterocycles. The van der Waals surface area contributed by atoms with Crippen LogP contribution in [0.5, 0.6) is 11.5 Å². The number of amides is 2. The molecule has 9 heteroatoms. The van der Waals surface area contributed by atoms with Crippen molar-refractivity contribution in [3.05, 3.63) is 95.1 Å². The Hall–Kier alpha value is -4.11. The lowest BCUT2D eigenvalue weighted by atomic mass is 10.1. The minimum Gasteiger partial charge on any atom is -0.490 e. The van der Waals surface area contributed by atoms with Crippen molar-refractivity contribution in [3.8, 4) is 11.5 Å². The zero-order valence-corrected chi connectivity index (χ0v) is 19.4. The standard InChI is InChI=1S/C26H20F2N2O4S/c1-2-33-23-14-16(11-12-22(23)34-15-17-7-3-4-8-19(17)27)13-18-24(31)29-26(35)30(25(18)32)21-10-6-5-9-20(21)28/h3-14H,2,15H2,1H3,(H,29,31,35)/b18-13+. The van der Waals surface area contributed by atoms with E-state index in [-0.39, 0.29) is 28.8 Å². The monoisotopic (exact) mass is 494 g/mol. The predicted octanol–water partition coefficient (Wildman–Crippen LogP) is 4.77. The van der Waals surface area contributed by atoms with Crippen LogP contribution in [0.25, 0.3) is 6.08 Å².